The fraction of sp³-hybridized carbons (Fsp3) is 0.353. The van der Waals surface area contributed by atoms with E-state index in [0.29, 0.717) is 29.1 Å². The Morgan fingerprint density at radius 2 is 2.04 bits per heavy atom. The number of nitrogens with one attached hydrogen (secondary N) is 1. The fourth-order valence-corrected chi connectivity index (χ4v) is 2.92. The van der Waals surface area contributed by atoms with Crippen LogP contribution in [0, 0.1) is 0 Å². The van der Waals surface area contributed by atoms with Crippen molar-refractivity contribution in [3.63, 3.8) is 0 Å². The van der Waals surface area contributed by atoms with E-state index >= 15 is 0 Å². The third-order valence-electron chi connectivity index (χ3n) is 3.73. The molecule has 1 aromatic heterocycles. The highest BCUT2D eigenvalue weighted by Gasteiger charge is 2.13. The number of nitrogens with zero attached hydrogens (tertiary/aromatic N) is 3. The summed E-state index contributed by atoms with van der Waals surface area (Å²) in [5.41, 5.74) is 1.84. The highest BCUT2D eigenvalue weighted by Crippen LogP contribution is 2.17. The Kier molecular flexibility index (Phi) is 9.06. The Hall–Kier alpha value is -0.960. The summed E-state index contributed by atoms with van der Waals surface area (Å²) in [4.78, 5) is 6.22. The Morgan fingerprint density at radius 3 is 2.60 bits per heavy atom. The van der Waals surface area contributed by atoms with Crippen LogP contribution in [0.4, 0.5) is 0 Å². The molecule has 0 aliphatic heterocycles. The second-order valence-corrected chi connectivity index (χ2v) is 6.49. The van der Waals surface area contributed by atoms with Crippen LogP contribution in [0.5, 0.6) is 0 Å². The van der Waals surface area contributed by atoms with E-state index in [0.717, 1.165) is 11.3 Å². The lowest BCUT2D eigenvalue weighted by molar-refractivity contribution is 0.179. The van der Waals surface area contributed by atoms with Crippen LogP contribution in [0.1, 0.15) is 17.4 Å². The van der Waals surface area contributed by atoms with Crippen molar-refractivity contribution in [2.24, 2.45) is 12.0 Å². The molecule has 2 rings (SSSR count). The maximum atomic E-state index is 10.3. The second-order valence-electron chi connectivity index (χ2n) is 5.62. The molecule has 0 aliphatic rings. The first-order valence-corrected chi connectivity index (χ1v) is 8.32. The summed E-state index contributed by atoms with van der Waals surface area (Å²) < 4.78 is 1.98. The molecule has 0 saturated carbocycles. The summed E-state index contributed by atoms with van der Waals surface area (Å²) in [6.07, 6.45) is 1.20. The predicted octanol–water partition coefficient (Wildman–Crippen LogP) is 3.69. The van der Waals surface area contributed by atoms with Crippen LogP contribution in [0.25, 0.3) is 0 Å². The number of hydrogen-bond donors (Lipinski definition) is 2. The van der Waals surface area contributed by atoms with Gasteiger partial charge < -0.3 is 19.9 Å². The lowest BCUT2D eigenvalue weighted by atomic mass is 10.1. The van der Waals surface area contributed by atoms with Crippen molar-refractivity contribution in [1.29, 1.82) is 0 Å². The van der Waals surface area contributed by atoms with Crippen LogP contribution < -0.4 is 5.32 Å². The molecule has 25 heavy (non-hydrogen) atoms. The molecule has 0 fully saturated rings. The number of aryl methyl sites for hydroxylation is 1. The fourth-order valence-electron chi connectivity index (χ4n) is 2.45. The van der Waals surface area contributed by atoms with Gasteiger partial charge in [-0.15, -0.1) is 24.0 Å². The molecule has 8 heteroatoms. The monoisotopic (exact) mass is 496 g/mol. The first-order chi connectivity index (χ1) is 11.4. The topological polar surface area (TPSA) is 52.8 Å². The van der Waals surface area contributed by atoms with E-state index in [2.05, 4.69) is 10.3 Å². The number of aromatic nitrogens is 1. The molecular formula is C17H23Cl2IN4O. The van der Waals surface area contributed by atoms with E-state index < -0.39 is 6.10 Å². The van der Waals surface area contributed by atoms with Gasteiger partial charge >= 0.3 is 0 Å². The van der Waals surface area contributed by atoms with Crippen LogP contribution in [0.3, 0.4) is 0 Å². The number of rotatable bonds is 5. The van der Waals surface area contributed by atoms with Gasteiger partial charge in [-0.1, -0.05) is 35.3 Å². The predicted molar refractivity (Wildman–Crippen MR) is 115 cm³/mol. The molecule has 0 bridgehead atoms. The van der Waals surface area contributed by atoms with Gasteiger partial charge in [-0.3, -0.25) is 4.99 Å². The summed E-state index contributed by atoms with van der Waals surface area (Å²) in [6, 6.07) is 9.12. The van der Waals surface area contributed by atoms with Gasteiger partial charge in [0.15, 0.2) is 5.96 Å². The van der Waals surface area contributed by atoms with Gasteiger partial charge in [-0.05, 0) is 23.8 Å². The van der Waals surface area contributed by atoms with E-state index in [1.165, 1.54) is 0 Å². The largest absolute Gasteiger partial charge is 0.387 e. The van der Waals surface area contributed by atoms with Crippen molar-refractivity contribution in [3.8, 4) is 0 Å². The zero-order chi connectivity index (χ0) is 17.7. The SMILES string of the molecule is CN=C(NCC(O)c1cccc(Cl)c1)N(C)Cc1cc(Cl)cn1C.I. The van der Waals surface area contributed by atoms with Gasteiger partial charge in [-0.25, -0.2) is 0 Å². The smallest absolute Gasteiger partial charge is 0.193 e. The molecular weight excluding hydrogens is 474 g/mol. The number of guanidine groups is 1. The van der Waals surface area contributed by atoms with Gasteiger partial charge in [0.2, 0.25) is 0 Å². The number of benzene rings is 1. The summed E-state index contributed by atoms with van der Waals surface area (Å²) in [5, 5.41) is 14.8. The minimum Gasteiger partial charge on any atom is -0.387 e. The molecule has 138 valence electrons. The third-order valence-corrected chi connectivity index (χ3v) is 4.18. The third kappa shape index (κ3) is 6.36. The first kappa shape index (κ1) is 22.1. The number of halogens is 3. The van der Waals surface area contributed by atoms with Crippen LogP contribution in [0.2, 0.25) is 10.0 Å². The molecule has 0 aliphatic carbocycles. The number of hydrogen-bond acceptors (Lipinski definition) is 2. The van der Waals surface area contributed by atoms with Gasteiger partial charge in [0.25, 0.3) is 0 Å². The van der Waals surface area contributed by atoms with Crippen molar-refractivity contribution in [3.05, 3.63) is 57.8 Å². The first-order valence-electron chi connectivity index (χ1n) is 7.56. The number of aliphatic hydroxyl groups is 1. The van der Waals surface area contributed by atoms with Crippen LogP contribution in [0.15, 0.2) is 41.5 Å². The maximum Gasteiger partial charge on any atom is 0.193 e. The van der Waals surface area contributed by atoms with Crippen molar-refractivity contribution in [2.45, 2.75) is 12.6 Å². The lowest BCUT2D eigenvalue weighted by Crippen LogP contribution is -2.40. The highest BCUT2D eigenvalue weighted by atomic mass is 127. The van der Waals surface area contributed by atoms with E-state index in [4.69, 9.17) is 23.2 Å². The molecule has 0 radical (unpaired) electrons. The van der Waals surface area contributed by atoms with Gasteiger partial charge in [-0.2, -0.15) is 0 Å². The average molecular weight is 497 g/mol. The van der Waals surface area contributed by atoms with Crippen molar-refractivity contribution >= 4 is 53.1 Å². The standard InChI is InChI=1S/C17H22Cl2N4O.HI/c1-20-17(23(3)11-15-8-14(19)10-22(15)2)21-9-16(24)12-5-4-6-13(18)7-12;/h4-8,10,16,24H,9,11H2,1-3H3,(H,20,21);1H. The number of aliphatic imine (C=N–C) groups is 1. The lowest BCUT2D eigenvalue weighted by Gasteiger charge is -2.23. The molecule has 5 nitrogen and oxygen atoms in total. The Labute approximate surface area is 175 Å². The van der Waals surface area contributed by atoms with Gasteiger partial charge in [0.05, 0.1) is 17.7 Å². The zero-order valence-electron chi connectivity index (χ0n) is 14.4. The van der Waals surface area contributed by atoms with E-state index in [1.54, 1.807) is 19.2 Å². The minimum atomic E-state index is -0.668. The average Bonchev–Trinajstić information content (AvgIpc) is 2.85. The quantitative estimate of drug-likeness (QED) is 0.377. The molecule has 1 aromatic carbocycles. The van der Waals surface area contributed by atoms with Gasteiger partial charge in [0, 0.05) is 44.6 Å². The molecule has 0 saturated heterocycles. The molecule has 2 aromatic rings. The molecule has 2 N–H and O–H groups in total. The molecule has 1 atom stereocenters. The van der Waals surface area contributed by atoms with E-state index in [-0.39, 0.29) is 24.0 Å². The minimum absolute atomic E-state index is 0. The van der Waals surface area contributed by atoms with Crippen LogP contribution in [-0.2, 0) is 13.6 Å². The normalized spacial score (nSPS) is 12.5. The summed E-state index contributed by atoms with van der Waals surface area (Å²) in [6.45, 7) is 0.988. The number of aliphatic hydroxyl groups excluding tert-OH is 1. The summed E-state index contributed by atoms with van der Waals surface area (Å²) >= 11 is 12.0. The molecule has 0 spiro atoms. The molecule has 1 heterocycles. The Morgan fingerprint density at radius 1 is 1.32 bits per heavy atom. The molecule has 0 amide bonds. The van der Waals surface area contributed by atoms with Crippen LogP contribution in [-0.4, -0.2) is 41.2 Å². The van der Waals surface area contributed by atoms with E-state index in [1.807, 2.05) is 48.0 Å². The van der Waals surface area contributed by atoms with E-state index in [9.17, 15) is 5.11 Å². The Balaban J connectivity index is 0.00000312. The van der Waals surface area contributed by atoms with Crippen molar-refractivity contribution in [1.82, 2.24) is 14.8 Å². The Bertz CT molecular complexity index is 720. The highest BCUT2D eigenvalue weighted by molar-refractivity contribution is 14.0. The second kappa shape index (κ2) is 10.3. The van der Waals surface area contributed by atoms with Gasteiger partial charge in [0.1, 0.15) is 0 Å². The van der Waals surface area contributed by atoms with Crippen molar-refractivity contribution in [2.75, 3.05) is 20.6 Å². The molecule has 1 unspecified atom stereocenters. The van der Waals surface area contributed by atoms with Crippen LogP contribution >= 0.6 is 47.2 Å². The maximum absolute atomic E-state index is 10.3. The zero-order valence-corrected chi connectivity index (χ0v) is 18.3. The summed E-state index contributed by atoms with van der Waals surface area (Å²) in [5.74, 6) is 0.688. The van der Waals surface area contributed by atoms with Crippen molar-refractivity contribution < 1.29 is 5.11 Å². The summed E-state index contributed by atoms with van der Waals surface area (Å²) in [7, 11) is 5.60.